The van der Waals surface area contributed by atoms with Crippen molar-refractivity contribution >= 4 is 5.91 Å². The highest BCUT2D eigenvalue weighted by molar-refractivity contribution is 5.79. The number of likely N-dealkylation sites (tertiary alicyclic amines) is 1. The van der Waals surface area contributed by atoms with E-state index in [4.69, 9.17) is 0 Å². The minimum Gasteiger partial charge on any atom is -0.353 e. The van der Waals surface area contributed by atoms with Gasteiger partial charge in [-0.2, -0.15) is 0 Å². The number of nitrogens with one attached hydrogen (secondary N) is 1. The number of piperidine rings is 1. The van der Waals surface area contributed by atoms with Crippen LogP contribution in [-0.4, -0.2) is 29.9 Å². The summed E-state index contributed by atoms with van der Waals surface area (Å²) < 4.78 is 0. The first-order valence-electron chi connectivity index (χ1n) is 7.75. The molecular weight excluding hydrogens is 248 g/mol. The summed E-state index contributed by atoms with van der Waals surface area (Å²) in [7, 11) is 0. The van der Waals surface area contributed by atoms with Crippen LogP contribution in [0.2, 0.25) is 0 Å². The van der Waals surface area contributed by atoms with Gasteiger partial charge in [0, 0.05) is 19.1 Å². The molecule has 1 N–H and O–H groups in total. The summed E-state index contributed by atoms with van der Waals surface area (Å²) in [6.07, 6.45) is 3.13. The number of hydrogen-bond donors (Lipinski definition) is 1. The SMILES string of the molecule is CC[C@H](C)NC(=O)[C@H]1CCCN(Cc2ccccc2)C1. The molecule has 1 amide bonds. The third kappa shape index (κ3) is 4.34. The van der Waals surface area contributed by atoms with Crippen molar-refractivity contribution in [2.45, 2.75) is 45.7 Å². The molecule has 0 aromatic heterocycles. The molecule has 1 saturated heterocycles. The number of amides is 1. The van der Waals surface area contributed by atoms with Gasteiger partial charge in [-0.15, -0.1) is 0 Å². The molecule has 2 atom stereocenters. The summed E-state index contributed by atoms with van der Waals surface area (Å²) in [6, 6.07) is 10.8. The van der Waals surface area contributed by atoms with E-state index >= 15 is 0 Å². The molecule has 1 aliphatic rings. The van der Waals surface area contributed by atoms with Crippen LogP contribution in [0.5, 0.6) is 0 Å². The first-order valence-corrected chi connectivity index (χ1v) is 7.75. The Morgan fingerprint density at radius 2 is 2.15 bits per heavy atom. The van der Waals surface area contributed by atoms with Gasteiger partial charge in [-0.05, 0) is 38.3 Å². The van der Waals surface area contributed by atoms with Crippen LogP contribution < -0.4 is 5.32 Å². The van der Waals surface area contributed by atoms with Crippen LogP contribution in [0.1, 0.15) is 38.7 Å². The Labute approximate surface area is 122 Å². The number of hydrogen-bond acceptors (Lipinski definition) is 2. The summed E-state index contributed by atoms with van der Waals surface area (Å²) in [5.74, 6) is 0.388. The number of rotatable bonds is 5. The molecule has 0 saturated carbocycles. The first-order chi connectivity index (χ1) is 9.69. The topological polar surface area (TPSA) is 32.3 Å². The maximum absolute atomic E-state index is 12.2. The maximum Gasteiger partial charge on any atom is 0.224 e. The normalized spacial score (nSPS) is 21.4. The van der Waals surface area contributed by atoms with Gasteiger partial charge < -0.3 is 5.32 Å². The molecule has 0 radical (unpaired) electrons. The van der Waals surface area contributed by atoms with E-state index in [9.17, 15) is 4.79 Å². The summed E-state index contributed by atoms with van der Waals surface area (Å²) in [4.78, 5) is 14.6. The minimum absolute atomic E-state index is 0.154. The van der Waals surface area contributed by atoms with Gasteiger partial charge in [0.2, 0.25) is 5.91 Å². The van der Waals surface area contributed by atoms with E-state index in [1.165, 1.54) is 5.56 Å². The second-order valence-electron chi connectivity index (χ2n) is 5.88. The summed E-state index contributed by atoms with van der Waals surface area (Å²) in [5.41, 5.74) is 1.33. The summed E-state index contributed by atoms with van der Waals surface area (Å²) in [5, 5.41) is 3.12. The fourth-order valence-electron chi connectivity index (χ4n) is 2.72. The van der Waals surface area contributed by atoms with Gasteiger partial charge >= 0.3 is 0 Å². The zero-order chi connectivity index (χ0) is 14.4. The van der Waals surface area contributed by atoms with Gasteiger partial charge in [-0.25, -0.2) is 0 Å². The van der Waals surface area contributed by atoms with Crippen LogP contribution in [0.25, 0.3) is 0 Å². The van der Waals surface area contributed by atoms with Crippen LogP contribution in [0.4, 0.5) is 0 Å². The highest BCUT2D eigenvalue weighted by Crippen LogP contribution is 2.19. The fraction of sp³-hybridized carbons (Fsp3) is 0.588. The molecule has 3 heteroatoms. The van der Waals surface area contributed by atoms with Crippen LogP contribution >= 0.6 is 0 Å². The third-order valence-corrected chi connectivity index (χ3v) is 4.13. The second-order valence-corrected chi connectivity index (χ2v) is 5.88. The van der Waals surface area contributed by atoms with Crippen LogP contribution in [-0.2, 0) is 11.3 Å². The highest BCUT2D eigenvalue weighted by Gasteiger charge is 2.26. The summed E-state index contributed by atoms with van der Waals surface area (Å²) >= 11 is 0. The Bertz CT molecular complexity index is 418. The monoisotopic (exact) mass is 274 g/mol. The lowest BCUT2D eigenvalue weighted by Gasteiger charge is -2.32. The molecule has 110 valence electrons. The largest absolute Gasteiger partial charge is 0.353 e. The van der Waals surface area contributed by atoms with Gasteiger partial charge in [-0.1, -0.05) is 37.3 Å². The molecule has 0 unspecified atom stereocenters. The molecule has 2 rings (SSSR count). The van der Waals surface area contributed by atoms with Gasteiger partial charge in [0.05, 0.1) is 5.92 Å². The zero-order valence-electron chi connectivity index (χ0n) is 12.6. The average molecular weight is 274 g/mol. The quantitative estimate of drug-likeness (QED) is 0.895. The number of carbonyl (C=O) groups is 1. The molecule has 1 aliphatic heterocycles. The van der Waals surface area contributed by atoms with Gasteiger partial charge in [0.15, 0.2) is 0 Å². The van der Waals surface area contributed by atoms with Crippen molar-refractivity contribution in [1.29, 1.82) is 0 Å². The van der Waals surface area contributed by atoms with Crippen molar-refractivity contribution in [2.75, 3.05) is 13.1 Å². The number of nitrogens with zero attached hydrogens (tertiary/aromatic N) is 1. The molecule has 0 bridgehead atoms. The second kappa shape index (κ2) is 7.44. The van der Waals surface area contributed by atoms with Gasteiger partial charge in [-0.3, -0.25) is 9.69 Å². The van der Waals surface area contributed by atoms with E-state index in [0.29, 0.717) is 0 Å². The Morgan fingerprint density at radius 1 is 1.40 bits per heavy atom. The smallest absolute Gasteiger partial charge is 0.224 e. The van der Waals surface area contributed by atoms with E-state index in [1.54, 1.807) is 0 Å². The van der Waals surface area contributed by atoms with Crippen LogP contribution in [0.15, 0.2) is 30.3 Å². The molecule has 1 heterocycles. The fourth-order valence-corrected chi connectivity index (χ4v) is 2.72. The number of benzene rings is 1. The van der Waals surface area contributed by atoms with E-state index in [1.807, 2.05) is 6.07 Å². The van der Waals surface area contributed by atoms with Crippen molar-refractivity contribution in [3.8, 4) is 0 Å². The molecule has 0 aliphatic carbocycles. The predicted molar refractivity (Wildman–Crippen MR) is 82.3 cm³/mol. The maximum atomic E-state index is 12.2. The van der Waals surface area contributed by atoms with Crippen molar-refractivity contribution in [2.24, 2.45) is 5.92 Å². The van der Waals surface area contributed by atoms with Gasteiger partial charge in [0.25, 0.3) is 0 Å². The number of carbonyl (C=O) groups excluding carboxylic acids is 1. The van der Waals surface area contributed by atoms with Crippen LogP contribution in [0.3, 0.4) is 0 Å². The Morgan fingerprint density at radius 3 is 2.85 bits per heavy atom. The van der Waals surface area contributed by atoms with Crippen molar-refractivity contribution in [3.63, 3.8) is 0 Å². The molecule has 0 spiro atoms. The van der Waals surface area contributed by atoms with E-state index in [-0.39, 0.29) is 17.9 Å². The van der Waals surface area contributed by atoms with Gasteiger partial charge in [0.1, 0.15) is 0 Å². The van der Waals surface area contributed by atoms with E-state index < -0.39 is 0 Å². The van der Waals surface area contributed by atoms with Crippen molar-refractivity contribution in [3.05, 3.63) is 35.9 Å². The lowest BCUT2D eigenvalue weighted by Crippen LogP contribution is -2.44. The Balaban J connectivity index is 1.87. The third-order valence-electron chi connectivity index (χ3n) is 4.13. The first kappa shape index (κ1) is 15.0. The Kier molecular flexibility index (Phi) is 5.60. The molecule has 1 aromatic rings. The van der Waals surface area contributed by atoms with E-state index in [2.05, 4.69) is 48.3 Å². The zero-order valence-corrected chi connectivity index (χ0v) is 12.6. The highest BCUT2D eigenvalue weighted by atomic mass is 16.2. The average Bonchev–Trinajstić information content (AvgIpc) is 2.48. The van der Waals surface area contributed by atoms with Crippen LogP contribution in [0, 0.1) is 5.92 Å². The molecule has 1 aromatic carbocycles. The Hall–Kier alpha value is -1.35. The van der Waals surface area contributed by atoms with Crippen molar-refractivity contribution < 1.29 is 4.79 Å². The summed E-state index contributed by atoms with van der Waals surface area (Å²) in [6.45, 7) is 7.11. The lowest BCUT2D eigenvalue weighted by molar-refractivity contribution is -0.127. The minimum atomic E-state index is 0.154. The standard InChI is InChI=1S/C17H26N2O/c1-3-14(2)18-17(20)16-10-7-11-19(13-16)12-15-8-5-4-6-9-15/h4-6,8-9,14,16H,3,7,10-13H2,1-2H3,(H,18,20)/t14-,16-/m0/s1. The molecular formula is C17H26N2O. The molecule has 1 fully saturated rings. The molecule has 20 heavy (non-hydrogen) atoms. The van der Waals surface area contributed by atoms with Crippen molar-refractivity contribution in [1.82, 2.24) is 10.2 Å². The van der Waals surface area contributed by atoms with E-state index in [0.717, 1.165) is 38.9 Å². The predicted octanol–water partition coefficient (Wildman–Crippen LogP) is 2.81. The lowest BCUT2D eigenvalue weighted by atomic mass is 9.96. The molecule has 3 nitrogen and oxygen atoms in total.